The molecule has 3 rings (SSSR count). The van der Waals surface area contributed by atoms with E-state index in [9.17, 15) is 9.90 Å². The molecule has 0 unspecified atom stereocenters. The van der Waals surface area contributed by atoms with Crippen molar-refractivity contribution in [3.05, 3.63) is 47.5 Å². The molecule has 2 aromatic rings. The minimum atomic E-state index is -1.33. The van der Waals surface area contributed by atoms with Gasteiger partial charge in [-0.25, -0.2) is 0 Å². The van der Waals surface area contributed by atoms with Crippen LogP contribution in [-0.4, -0.2) is 38.3 Å². The molecule has 6 nitrogen and oxygen atoms in total. The Bertz CT molecular complexity index is 753. The Hall–Kier alpha value is -2.73. The van der Waals surface area contributed by atoms with Gasteiger partial charge in [0.1, 0.15) is 28.6 Å². The summed E-state index contributed by atoms with van der Waals surface area (Å²) in [5.41, 5.74) is 0.889. The van der Waals surface area contributed by atoms with Crippen LogP contribution in [0.5, 0.6) is 23.0 Å². The van der Waals surface area contributed by atoms with Gasteiger partial charge in [-0.1, -0.05) is 12.1 Å². The number of benzene rings is 2. The van der Waals surface area contributed by atoms with Gasteiger partial charge in [-0.2, -0.15) is 0 Å². The van der Waals surface area contributed by atoms with Crippen LogP contribution in [-0.2, 0) is 0 Å². The molecule has 1 aliphatic rings. The Morgan fingerprint density at radius 1 is 0.958 bits per heavy atom. The predicted molar refractivity (Wildman–Crippen MR) is 86.2 cm³/mol. The molecule has 0 spiro atoms. The van der Waals surface area contributed by atoms with E-state index in [2.05, 4.69) is 0 Å². The molecule has 1 heterocycles. The average Bonchev–Trinajstić information content (AvgIpc) is 2.63. The fraction of sp³-hybridized carbons (Fsp3) is 0.278. The van der Waals surface area contributed by atoms with Crippen molar-refractivity contribution in [2.45, 2.75) is 12.2 Å². The summed E-state index contributed by atoms with van der Waals surface area (Å²) in [6.45, 7) is 0. The number of methoxy groups -OCH3 is 3. The summed E-state index contributed by atoms with van der Waals surface area (Å²) in [5, 5.41) is 10.4. The largest absolute Gasteiger partial charge is 0.497 e. The van der Waals surface area contributed by atoms with Crippen LogP contribution in [0.1, 0.15) is 22.0 Å². The number of carbonyl (C=O) groups is 1. The predicted octanol–water partition coefficient (Wildman–Crippen LogP) is 2.39. The fourth-order valence-electron chi connectivity index (χ4n) is 2.71. The Morgan fingerprint density at radius 2 is 1.62 bits per heavy atom. The highest BCUT2D eigenvalue weighted by Crippen LogP contribution is 2.42. The summed E-state index contributed by atoms with van der Waals surface area (Å²) < 4.78 is 21.4. The zero-order valence-corrected chi connectivity index (χ0v) is 13.6. The summed E-state index contributed by atoms with van der Waals surface area (Å²) in [5.74, 6) is 1.36. The highest BCUT2D eigenvalue weighted by molar-refractivity contribution is 6.05. The summed E-state index contributed by atoms with van der Waals surface area (Å²) in [6.07, 6.45) is -2.14. The molecule has 0 radical (unpaired) electrons. The normalized spacial score (nSPS) is 19.2. The number of Topliss-reactive ketones (excluding diaryl/α,β-unsaturated/α-hetero) is 1. The summed E-state index contributed by atoms with van der Waals surface area (Å²) >= 11 is 0. The first-order valence-electron chi connectivity index (χ1n) is 7.38. The maximum absolute atomic E-state index is 12.6. The molecule has 0 saturated carbocycles. The van der Waals surface area contributed by atoms with Crippen LogP contribution in [0.2, 0.25) is 0 Å². The van der Waals surface area contributed by atoms with E-state index in [-0.39, 0.29) is 5.56 Å². The minimum absolute atomic E-state index is 0.218. The molecule has 2 atom stereocenters. The van der Waals surface area contributed by atoms with Gasteiger partial charge >= 0.3 is 0 Å². The van der Waals surface area contributed by atoms with E-state index >= 15 is 0 Å². The molecule has 24 heavy (non-hydrogen) atoms. The van der Waals surface area contributed by atoms with Crippen LogP contribution < -0.4 is 18.9 Å². The van der Waals surface area contributed by atoms with Crippen molar-refractivity contribution in [3.8, 4) is 23.0 Å². The number of aliphatic hydroxyl groups is 1. The van der Waals surface area contributed by atoms with E-state index in [0.717, 1.165) is 0 Å². The number of ketones is 1. The maximum atomic E-state index is 12.6. The lowest BCUT2D eigenvalue weighted by Crippen LogP contribution is -2.36. The third-order valence-electron chi connectivity index (χ3n) is 4.00. The Kier molecular flexibility index (Phi) is 4.31. The molecule has 0 amide bonds. The van der Waals surface area contributed by atoms with Crippen LogP contribution in [0.3, 0.4) is 0 Å². The Balaban J connectivity index is 2.04. The first-order chi connectivity index (χ1) is 11.6. The highest BCUT2D eigenvalue weighted by Gasteiger charge is 2.39. The van der Waals surface area contributed by atoms with Gasteiger partial charge in [0.2, 0.25) is 5.78 Å². The summed E-state index contributed by atoms with van der Waals surface area (Å²) in [4.78, 5) is 12.6. The number of carbonyl (C=O) groups excluding carboxylic acids is 1. The van der Waals surface area contributed by atoms with Crippen molar-refractivity contribution >= 4 is 5.78 Å². The molecule has 0 fully saturated rings. The van der Waals surface area contributed by atoms with Crippen LogP contribution in [0.4, 0.5) is 0 Å². The summed E-state index contributed by atoms with van der Waals surface area (Å²) in [7, 11) is 4.53. The van der Waals surface area contributed by atoms with Crippen molar-refractivity contribution in [1.82, 2.24) is 0 Å². The van der Waals surface area contributed by atoms with Crippen LogP contribution in [0.25, 0.3) is 0 Å². The quantitative estimate of drug-likeness (QED) is 0.928. The van der Waals surface area contributed by atoms with Crippen molar-refractivity contribution < 1.29 is 28.8 Å². The smallest absolute Gasteiger partial charge is 0.202 e. The lowest BCUT2D eigenvalue weighted by Gasteiger charge is -2.30. The van der Waals surface area contributed by atoms with Gasteiger partial charge in [-0.15, -0.1) is 0 Å². The van der Waals surface area contributed by atoms with Gasteiger partial charge in [-0.05, 0) is 17.7 Å². The maximum Gasteiger partial charge on any atom is 0.202 e. The molecule has 126 valence electrons. The first-order valence-corrected chi connectivity index (χ1v) is 7.38. The number of hydrogen-bond donors (Lipinski definition) is 1. The van der Waals surface area contributed by atoms with Gasteiger partial charge in [0.15, 0.2) is 12.2 Å². The van der Waals surface area contributed by atoms with Crippen LogP contribution in [0, 0.1) is 0 Å². The van der Waals surface area contributed by atoms with E-state index in [1.54, 1.807) is 43.5 Å². The Labute approximate surface area is 139 Å². The number of aliphatic hydroxyl groups excluding tert-OH is 1. The molecule has 6 heteroatoms. The van der Waals surface area contributed by atoms with Crippen molar-refractivity contribution in [3.63, 3.8) is 0 Å². The molecule has 0 aliphatic carbocycles. The highest BCUT2D eigenvalue weighted by atomic mass is 16.5. The van der Waals surface area contributed by atoms with E-state index < -0.39 is 18.0 Å². The monoisotopic (exact) mass is 330 g/mol. The molecule has 0 aromatic heterocycles. The van der Waals surface area contributed by atoms with Gasteiger partial charge in [0.05, 0.1) is 21.3 Å². The first kappa shape index (κ1) is 16.1. The SMILES string of the molecule is COc1ccc([C@@H]2Oc3cc(OC)cc(OC)c3C(=O)[C@H]2O)cc1. The topological polar surface area (TPSA) is 74.2 Å². The molecular formula is C18H18O6. The Morgan fingerprint density at radius 3 is 2.21 bits per heavy atom. The molecule has 1 N–H and O–H groups in total. The molecule has 0 bridgehead atoms. The second-order valence-corrected chi connectivity index (χ2v) is 5.32. The zero-order chi connectivity index (χ0) is 17.3. The van der Waals surface area contributed by atoms with E-state index in [1.165, 1.54) is 14.2 Å². The lowest BCUT2D eigenvalue weighted by molar-refractivity contribution is 0.0210. The minimum Gasteiger partial charge on any atom is -0.497 e. The van der Waals surface area contributed by atoms with E-state index in [1.807, 2.05) is 0 Å². The third kappa shape index (κ3) is 2.65. The average molecular weight is 330 g/mol. The van der Waals surface area contributed by atoms with Gasteiger partial charge < -0.3 is 24.1 Å². The molecule has 0 saturated heterocycles. The van der Waals surface area contributed by atoms with Crippen molar-refractivity contribution in [1.29, 1.82) is 0 Å². The summed E-state index contributed by atoms with van der Waals surface area (Å²) in [6, 6.07) is 10.2. The zero-order valence-electron chi connectivity index (χ0n) is 13.6. The second kappa shape index (κ2) is 6.41. The molecule has 2 aromatic carbocycles. The number of fused-ring (bicyclic) bond motifs is 1. The number of rotatable bonds is 4. The second-order valence-electron chi connectivity index (χ2n) is 5.32. The van der Waals surface area contributed by atoms with Crippen molar-refractivity contribution in [2.24, 2.45) is 0 Å². The van der Waals surface area contributed by atoms with Gasteiger partial charge in [0, 0.05) is 12.1 Å². The van der Waals surface area contributed by atoms with Crippen molar-refractivity contribution in [2.75, 3.05) is 21.3 Å². The van der Waals surface area contributed by atoms with E-state index in [0.29, 0.717) is 28.6 Å². The third-order valence-corrected chi connectivity index (χ3v) is 4.00. The fourth-order valence-corrected chi connectivity index (χ4v) is 2.71. The lowest BCUT2D eigenvalue weighted by atomic mass is 9.93. The van der Waals surface area contributed by atoms with Crippen LogP contribution >= 0.6 is 0 Å². The van der Waals surface area contributed by atoms with E-state index in [4.69, 9.17) is 18.9 Å². The number of ether oxygens (including phenoxy) is 4. The standard InChI is InChI=1S/C18H18O6/c1-21-11-6-4-10(5-7-11)18-17(20)16(19)15-13(23-3)8-12(22-2)9-14(15)24-18/h4-9,17-18,20H,1-3H3/t17-,18+/m1/s1. The van der Waals surface area contributed by atoms with Gasteiger partial charge in [-0.3, -0.25) is 4.79 Å². The molecular weight excluding hydrogens is 312 g/mol. The van der Waals surface area contributed by atoms with Crippen LogP contribution in [0.15, 0.2) is 36.4 Å². The number of hydrogen-bond acceptors (Lipinski definition) is 6. The van der Waals surface area contributed by atoms with Gasteiger partial charge in [0.25, 0.3) is 0 Å². The molecule has 1 aliphatic heterocycles.